The molecule has 164 valence electrons. The number of carbonyl (C=O) groups is 1. The van der Waals surface area contributed by atoms with E-state index in [0.717, 1.165) is 18.2 Å². The molecule has 5 N–H and O–H groups in total. The molecule has 0 saturated heterocycles. The van der Waals surface area contributed by atoms with Crippen LogP contribution in [0.3, 0.4) is 0 Å². The first-order valence-electron chi connectivity index (χ1n) is 8.56. The number of anilines is 2. The van der Waals surface area contributed by atoms with Gasteiger partial charge in [0.15, 0.2) is 17.3 Å². The molecule has 1 aromatic carbocycles. The number of aliphatic imine (C=N–C) groups is 1. The summed E-state index contributed by atoms with van der Waals surface area (Å²) < 4.78 is 70.6. The number of halogens is 5. The van der Waals surface area contributed by atoms with Crippen molar-refractivity contribution in [3.05, 3.63) is 59.0 Å². The molecule has 3 rings (SSSR count). The topological polar surface area (TPSA) is 129 Å². The molecule has 8 nitrogen and oxygen atoms in total. The van der Waals surface area contributed by atoms with E-state index in [4.69, 9.17) is 11.5 Å². The molecule has 0 saturated carbocycles. The maximum absolute atomic E-state index is 14.5. The Balaban J connectivity index is 1.93. The zero-order valence-electron chi connectivity index (χ0n) is 15.7. The highest BCUT2D eigenvalue weighted by Gasteiger charge is 2.35. The van der Waals surface area contributed by atoms with Crippen LogP contribution >= 0.6 is 0 Å². The number of hydrogen-bond acceptors (Lipinski definition) is 7. The lowest BCUT2D eigenvalue weighted by atomic mass is 9.90. The minimum atomic E-state index is -3.02. The van der Waals surface area contributed by atoms with Gasteiger partial charge in [-0.1, -0.05) is 0 Å². The summed E-state index contributed by atoms with van der Waals surface area (Å²) in [4.78, 5) is 23.3. The van der Waals surface area contributed by atoms with Gasteiger partial charge in [-0.05, 0) is 31.2 Å². The largest absolute Gasteiger partial charge is 0.425 e. The summed E-state index contributed by atoms with van der Waals surface area (Å²) in [5, 5.41) is 2.36. The maximum Gasteiger partial charge on any atom is 0.295 e. The van der Waals surface area contributed by atoms with Crippen molar-refractivity contribution in [1.82, 2.24) is 9.97 Å². The van der Waals surface area contributed by atoms with Crippen molar-refractivity contribution in [2.75, 3.05) is 11.1 Å². The van der Waals surface area contributed by atoms with E-state index in [9.17, 15) is 26.7 Å². The third kappa shape index (κ3) is 4.54. The van der Waals surface area contributed by atoms with Gasteiger partial charge in [-0.25, -0.2) is 36.9 Å². The SMILES string of the molecule is C[C@@]1(c2cc(NC(=O)c3ncc(C(F)F)nc3N)ccc2F)C=C(C(F)F)OC(N)=N1. The fraction of sp³-hybridized carbons (Fsp3) is 0.222. The second-order valence-corrected chi connectivity index (χ2v) is 6.53. The van der Waals surface area contributed by atoms with Crippen molar-refractivity contribution in [2.24, 2.45) is 10.7 Å². The number of nitrogens with zero attached hydrogens (tertiary/aromatic N) is 3. The van der Waals surface area contributed by atoms with Gasteiger partial charge in [-0.15, -0.1) is 0 Å². The van der Waals surface area contributed by atoms with Gasteiger partial charge in [0.1, 0.15) is 17.1 Å². The first-order chi connectivity index (χ1) is 14.5. The predicted molar refractivity (Wildman–Crippen MR) is 99.9 cm³/mol. The van der Waals surface area contributed by atoms with Gasteiger partial charge < -0.3 is 21.5 Å². The summed E-state index contributed by atoms with van der Waals surface area (Å²) in [6.45, 7) is 1.32. The molecule has 1 amide bonds. The number of alkyl halides is 4. The molecule has 0 unspecified atom stereocenters. The van der Waals surface area contributed by atoms with Crippen molar-refractivity contribution in [2.45, 2.75) is 25.3 Å². The first kappa shape index (κ1) is 21.9. The lowest BCUT2D eigenvalue weighted by molar-refractivity contribution is 0.102. The van der Waals surface area contributed by atoms with Crippen molar-refractivity contribution in [3.63, 3.8) is 0 Å². The van der Waals surface area contributed by atoms with Crippen LogP contribution in [-0.2, 0) is 10.3 Å². The second-order valence-electron chi connectivity index (χ2n) is 6.53. The number of nitrogens with one attached hydrogen (secondary N) is 1. The van der Waals surface area contributed by atoms with Crippen LogP contribution in [0.15, 0.2) is 41.2 Å². The van der Waals surface area contributed by atoms with Crippen LogP contribution < -0.4 is 16.8 Å². The van der Waals surface area contributed by atoms with Crippen LogP contribution in [0.5, 0.6) is 0 Å². The molecule has 1 aliphatic heterocycles. The smallest absolute Gasteiger partial charge is 0.295 e. The normalized spacial score (nSPS) is 18.5. The Kier molecular flexibility index (Phi) is 5.77. The molecule has 0 bridgehead atoms. The maximum atomic E-state index is 14.5. The Labute approximate surface area is 171 Å². The van der Waals surface area contributed by atoms with E-state index in [1.807, 2.05) is 0 Å². The molecule has 31 heavy (non-hydrogen) atoms. The van der Waals surface area contributed by atoms with E-state index >= 15 is 0 Å². The molecule has 1 aromatic heterocycles. The standard InChI is InChI=1S/C18H15F5N6O2/c1-18(5-11(14(22)23)31-17(25)29-18)8-4-7(2-3-9(8)19)27-16(30)12-15(24)28-10(6-26-12)13(20)21/h2-6,13-14H,1H3,(H2,24,28)(H2,25,29)(H,27,30)/t18-/m0/s1. The molecular weight excluding hydrogens is 427 g/mol. The summed E-state index contributed by atoms with van der Waals surface area (Å²) in [6.07, 6.45) is -4.34. The highest BCUT2D eigenvalue weighted by molar-refractivity contribution is 6.05. The Morgan fingerprint density at radius 3 is 2.52 bits per heavy atom. The van der Waals surface area contributed by atoms with Crippen LogP contribution in [0.1, 0.15) is 35.1 Å². The minimum absolute atomic E-state index is 0.0222. The molecule has 0 radical (unpaired) electrons. The highest BCUT2D eigenvalue weighted by Crippen LogP contribution is 2.36. The molecular formula is C18H15F5N6O2. The number of allylic oxidation sites excluding steroid dienone is 1. The predicted octanol–water partition coefficient (Wildman–Crippen LogP) is 3.10. The Morgan fingerprint density at radius 1 is 1.19 bits per heavy atom. The highest BCUT2D eigenvalue weighted by atomic mass is 19.3. The third-order valence-electron chi connectivity index (χ3n) is 4.23. The summed E-state index contributed by atoms with van der Waals surface area (Å²) >= 11 is 0. The number of nitrogen functional groups attached to an aromatic ring is 1. The van der Waals surface area contributed by atoms with E-state index in [2.05, 4.69) is 25.0 Å². The van der Waals surface area contributed by atoms with Crippen LogP contribution in [0, 0.1) is 5.82 Å². The Bertz CT molecular complexity index is 1090. The fourth-order valence-electron chi connectivity index (χ4n) is 2.84. The van der Waals surface area contributed by atoms with Gasteiger partial charge in [0.05, 0.1) is 6.20 Å². The molecule has 13 heteroatoms. The number of amidine groups is 1. The lowest BCUT2D eigenvalue weighted by Gasteiger charge is -2.28. The number of benzene rings is 1. The lowest BCUT2D eigenvalue weighted by Crippen LogP contribution is -2.32. The summed E-state index contributed by atoms with van der Waals surface area (Å²) in [5.41, 5.74) is 7.99. The van der Waals surface area contributed by atoms with Crippen molar-refractivity contribution < 1.29 is 31.5 Å². The molecule has 2 aromatic rings. The van der Waals surface area contributed by atoms with Gasteiger partial charge in [0, 0.05) is 11.3 Å². The Hall–Kier alpha value is -3.77. The average molecular weight is 442 g/mol. The number of hydrogen-bond donors (Lipinski definition) is 3. The third-order valence-corrected chi connectivity index (χ3v) is 4.23. The van der Waals surface area contributed by atoms with Gasteiger partial charge in [-0.2, -0.15) is 0 Å². The monoisotopic (exact) mass is 442 g/mol. The van der Waals surface area contributed by atoms with Crippen molar-refractivity contribution in [1.29, 1.82) is 0 Å². The molecule has 1 atom stereocenters. The number of rotatable bonds is 5. The zero-order chi connectivity index (χ0) is 22.9. The van der Waals surface area contributed by atoms with Gasteiger partial charge in [0.25, 0.3) is 24.8 Å². The number of aromatic nitrogens is 2. The molecule has 2 heterocycles. The van der Waals surface area contributed by atoms with E-state index in [-0.39, 0.29) is 11.3 Å². The van der Waals surface area contributed by atoms with E-state index in [1.165, 1.54) is 13.0 Å². The summed E-state index contributed by atoms with van der Waals surface area (Å²) in [7, 11) is 0. The second kappa shape index (κ2) is 8.16. The summed E-state index contributed by atoms with van der Waals surface area (Å²) in [5.74, 6) is -3.06. The zero-order valence-corrected chi connectivity index (χ0v) is 15.7. The average Bonchev–Trinajstić information content (AvgIpc) is 2.68. The number of ether oxygens (including phenoxy) is 1. The minimum Gasteiger partial charge on any atom is -0.425 e. The van der Waals surface area contributed by atoms with Crippen LogP contribution in [-0.4, -0.2) is 28.3 Å². The Morgan fingerprint density at radius 2 is 1.90 bits per heavy atom. The molecule has 0 fully saturated rings. The van der Waals surface area contributed by atoms with Gasteiger partial charge >= 0.3 is 0 Å². The van der Waals surface area contributed by atoms with Gasteiger partial charge in [-0.3, -0.25) is 4.79 Å². The van der Waals surface area contributed by atoms with Crippen molar-refractivity contribution in [3.8, 4) is 0 Å². The number of amides is 1. The van der Waals surface area contributed by atoms with Crippen LogP contribution in [0.4, 0.5) is 33.5 Å². The first-order valence-corrected chi connectivity index (χ1v) is 8.56. The number of carbonyl (C=O) groups excluding carboxylic acids is 1. The molecule has 1 aliphatic rings. The van der Waals surface area contributed by atoms with Crippen LogP contribution in [0.2, 0.25) is 0 Å². The van der Waals surface area contributed by atoms with Crippen LogP contribution in [0.25, 0.3) is 0 Å². The fourth-order valence-corrected chi connectivity index (χ4v) is 2.84. The molecule has 0 spiro atoms. The quantitative estimate of drug-likeness (QED) is 0.611. The van der Waals surface area contributed by atoms with Crippen molar-refractivity contribution >= 4 is 23.4 Å². The van der Waals surface area contributed by atoms with E-state index < -0.39 is 59.1 Å². The van der Waals surface area contributed by atoms with Gasteiger partial charge in [0.2, 0.25) is 0 Å². The summed E-state index contributed by atoms with van der Waals surface area (Å²) in [6, 6.07) is 2.71. The number of nitrogens with two attached hydrogens (primary N) is 2. The molecule has 0 aliphatic carbocycles. The van der Waals surface area contributed by atoms with E-state index in [0.29, 0.717) is 6.20 Å². The van der Waals surface area contributed by atoms with E-state index in [1.54, 1.807) is 0 Å².